The first kappa shape index (κ1) is 23.3. The maximum atomic E-state index is 13.1. The van der Waals surface area contributed by atoms with Crippen molar-refractivity contribution in [2.24, 2.45) is 5.92 Å². The second kappa shape index (κ2) is 9.83. The predicted octanol–water partition coefficient (Wildman–Crippen LogP) is 4.31. The molecule has 1 N–H and O–H groups in total. The minimum atomic E-state index is -3.61. The molecule has 6 nitrogen and oxygen atoms in total. The van der Waals surface area contributed by atoms with E-state index in [0.29, 0.717) is 31.0 Å². The first-order valence-electron chi connectivity index (χ1n) is 10.8. The molecule has 0 unspecified atom stereocenters. The minimum Gasteiger partial charge on any atom is -0.497 e. The molecule has 1 amide bonds. The van der Waals surface area contributed by atoms with E-state index in [2.05, 4.69) is 12.2 Å². The molecule has 7 heteroatoms. The van der Waals surface area contributed by atoms with Crippen molar-refractivity contribution in [3.63, 3.8) is 0 Å². The van der Waals surface area contributed by atoms with E-state index in [1.165, 1.54) is 10.4 Å². The van der Waals surface area contributed by atoms with Crippen LogP contribution in [0.4, 0.5) is 0 Å². The zero-order chi connectivity index (χ0) is 22.6. The first-order chi connectivity index (χ1) is 14.8. The van der Waals surface area contributed by atoms with Gasteiger partial charge in [-0.15, -0.1) is 0 Å². The molecule has 0 saturated carbocycles. The van der Waals surface area contributed by atoms with E-state index < -0.39 is 10.0 Å². The number of piperidine rings is 1. The van der Waals surface area contributed by atoms with Gasteiger partial charge < -0.3 is 10.1 Å². The lowest BCUT2D eigenvalue weighted by Gasteiger charge is -2.29. The number of nitrogens with one attached hydrogen (secondary N) is 1. The van der Waals surface area contributed by atoms with Gasteiger partial charge in [0.2, 0.25) is 10.0 Å². The Bertz CT molecular complexity index is 1010. The normalized spacial score (nSPS) is 16.6. The van der Waals surface area contributed by atoms with Gasteiger partial charge in [-0.3, -0.25) is 4.79 Å². The van der Waals surface area contributed by atoms with Gasteiger partial charge in [-0.25, -0.2) is 8.42 Å². The monoisotopic (exact) mass is 444 g/mol. The molecule has 1 aliphatic rings. The van der Waals surface area contributed by atoms with Gasteiger partial charge in [0.15, 0.2) is 0 Å². The SMILES string of the molecule is CC[C@@H](NC(=O)c1cc(S(=O)(=O)N2CCC(C)CC2)ccc1C)c1ccc(OC)cc1. The Balaban J connectivity index is 1.82. The number of hydrogen-bond acceptors (Lipinski definition) is 4. The number of nitrogens with zero attached hydrogens (tertiary/aromatic N) is 1. The second-order valence-corrected chi connectivity index (χ2v) is 10.2. The number of carbonyl (C=O) groups is 1. The summed E-state index contributed by atoms with van der Waals surface area (Å²) in [6, 6.07) is 12.2. The van der Waals surface area contributed by atoms with Crippen molar-refractivity contribution >= 4 is 15.9 Å². The fourth-order valence-corrected chi connectivity index (χ4v) is 5.37. The number of aryl methyl sites for hydroxylation is 1. The maximum absolute atomic E-state index is 13.1. The third-order valence-electron chi connectivity index (χ3n) is 6.07. The number of ether oxygens (including phenoxy) is 1. The molecule has 1 aliphatic heterocycles. The molecule has 0 radical (unpaired) electrons. The number of rotatable bonds is 7. The lowest BCUT2D eigenvalue weighted by molar-refractivity contribution is 0.0934. The van der Waals surface area contributed by atoms with Gasteiger partial charge in [0.25, 0.3) is 5.91 Å². The molecule has 1 fully saturated rings. The molecule has 168 valence electrons. The molecule has 0 aromatic heterocycles. The van der Waals surface area contributed by atoms with Gasteiger partial charge in [0.05, 0.1) is 18.0 Å². The van der Waals surface area contributed by atoms with Gasteiger partial charge in [-0.1, -0.05) is 32.0 Å². The van der Waals surface area contributed by atoms with E-state index in [0.717, 1.165) is 29.7 Å². The van der Waals surface area contributed by atoms with E-state index in [4.69, 9.17) is 4.74 Å². The zero-order valence-corrected chi connectivity index (χ0v) is 19.5. The molecule has 0 aliphatic carbocycles. The van der Waals surface area contributed by atoms with Crippen molar-refractivity contribution in [3.8, 4) is 5.75 Å². The fraction of sp³-hybridized carbons (Fsp3) is 0.458. The molecule has 1 saturated heterocycles. The maximum Gasteiger partial charge on any atom is 0.252 e. The Morgan fingerprint density at radius 3 is 2.39 bits per heavy atom. The van der Waals surface area contributed by atoms with Crippen LogP contribution in [0.1, 0.15) is 60.6 Å². The molecule has 1 atom stereocenters. The molecule has 0 spiro atoms. The first-order valence-corrected chi connectivity index (χ1v) is 12.3. The molecule has 0 bridgehead atoms. The van der Waals surface area contributed by atoms with Crippen LogP contribution in [0.25, 0.3) is 0 Å². The van der Waals surface area contributed by atoms with Gasteiger partial charge >= 0.3 is 0 Å². The third kappa shape index (κ3) is 5.28. The quantitative estimate of drug-likeness (QED) is 0.691. The summed E-state index contributed by atoms with van der Waals surface area (Å²) in [4.78, 5) is 13.3. The average molecular weight is 445 g/mol. The highest BCUT2D eigenvalue weighted by Crippen LogP contribution is 2.26. The summed E-state index contributed by atoms with van der Waals surface area (Å²) in [6.07, 6.45) is 2.43. The van der Waals surface area contributed by atoms with Gasteiger partial charge in [0.1, 0.15) is 5.75 Å². The summed E-state index contributed by atoms with van der Waals surface area (Å²) in [5.74, 6) is 1.02. The standard InChI is InChI=1S/C24H32N2O4S/c1-5-23(19-7-9-20(30-4)10-8-19)25-24(27)22-16-21(11-6-18(22)3)31(28,29)26-14-12-17(2)13-15-26/h6-11,16-17,23H,5,12-15H2,1-4H3,(H,25,27)/t23-/m1/s1. The third-order valence-corrected chi connectivity index (χ3v) is 7.96. The van der Waals surface area contributed by atoms with Crippen LogP contribution in [-0.2, 0) is 10.0 Å². The molecule has 3 rings (SSSR count). The summed E-state index contributed by atoms with van der Waals surface area (Å²) >= 11 is 0. The van der Waals surface area contributed by atoms with Gasteiger partial charge in [-0.05, 0) is 67.5 Å². The van der Waals surface area contributed by atoms with Gasteiger partial charge in [-0.2, -0.15) is 4.31 Å². The smallest absolute Gasteiger partial charge is 0.252 e. The van der Waals surface area contributed by atoms with Crippen LogP contribution in [0, 0.1) is 12.8 Å². The van der Waals surface area contributed by atoms with Crippen LogP contribution in [0.3, 0.4) is 0 Å². The second-order valence-electron chi connectivity index (χ2n) is 8.27. The minimum absolute atomic E-state index is 0.176. The van der Waals surface area contributed by atoms with Crippen LogP contribution >= 0.6 is 0 Å². The molecule has 2 aromatic carbocycles. The van der Waals surface area contributed by atoms with Gasteiger partial charge in [0, 0.05) is 18.7 Å². The van der Waals surface area contributed by atoms with Crippen molar-refractivity contribution in [1.82, 2.24) is 9.62 Å². The number of methoxy groups -OCH3 is 1. The van der Waals surface area contributed by atoms with Crippen LogP contribution in [0.5, 0.6) is 5.75 Å². The van der Waals surface area contributed by atoms with Crippen LogP contribution in [-0.4, -0.2) is 38.8 Å². The number of carbonyl (C=O) groups excluding carboxylic acids is 1. The number of benzene rings is 2. The Labute approximate surface area is 185 Å². The molecule has 31 heavy (non-hydrogen) atoms. The fourth-order valence-electron chi connectivity index (χ4n) is 3.87. The lowest BCUT2D eigenvalue weighted by Crippen LogP contribution is -2.38. The average Bonchev–Trinajstić information content (AvgIpc) is 2.78. The highest BCUT2D eigenvalue weighted by Gasteiger charge is 2.29. The van der Waals surface area contributed by atoms with Crippen LogP contribution in [0.2, 0.25) is 0 Å². The summed E-state index contributed by atoms with van der Waals surface area (Å²) < 4.78 is 33.0. The van der Waals surface area contributed by atoms with E-state index in [9.17, 15) is 13.2 Å². The summed E-state index contributed by atoms with van der Waals surface area (Å²) in [6.45, 7) is 7.01. The molecule has 2 aromatic rings. The summed E-state index contributed by atoms with van der Waals surface area (Å²) in [5, 5.41) is 3.05. The highest BCUT2D eigenvalue weighted by molar-refractivity contribution is 7.89. The summed E-state index contributed by atoms with van der Waals surface area (Å²) in [7, 11) is -2.00. The van der Waals surface area contributed by atoms with E-state index >= 15 is 0 Å². The molecular weight excluding hydrogens is 412 g/mol. The van der Waals surface area contributed by atoms with Crippen LogP contribution < -0.4 is 10.1 Å². The Morgan fingerprint density at radius 1 is 1.16 bits per heavy atom. The topological polar surface area (TPSA) is 75.7 Å². The Hall–Kier alpha value is -2.38. The number of sulfonamides is 1. The Morgan fingerprint density at radius 2 is 1.81 bits per heavy atom. The highest BCUT2D eigenvalue weighted by atomic mass is 32.2. The van der Waals surface area contributed by atoms with Crippen molar-refractivity contribution in [2.45, 2.75) is 51.0 Å². The number of hydrogen-bond donors (Lipinski definition) is 1. The lowest BCUT2D eigenvalue weighted by atomic mass is 10.0. The van der Waals surface area contributed by atoms with E-state index in [1.807, 2.05) is 38.1 Å². The number of amides is 1. The van der Waals surface area contributed by atoms with E-state index in [1.54, 1.807) is 19.2 Å². The summed E-state index contributed by atoms with van der Waals surface area (Å²) in [5.41, 5.74) is 2.10. The Kier molecular flexibility index (Phi) is 7.38. The zero-order valence-electron chi connectivity index (χ0n) is 18.7. The van der Waals surface area contributed by atoms with Crippen molar-refractivity contribution in [3.05, 3.63) is 59.2 Å². The largest absolute Gasteiger partial charge is 0.497 e. The molecular formula is C24H32N2O4S. The van der Waals surface area contributed by atoms with Crippen molar-refractivity contribution in [2.75, 3.05) is 20.2 Å². The predicted molar refractivity (Wildman–Crippen MR) is 122 cm³/mol. The molecule has 1 heterocycles. The van der Waals surface area contributed by atoms with Crippen LogP contribution in [0.15, 0.2) is 47.4 Å². The van der Waals surface area contributed by atoms with Crippen molar-refractivity contribution in [1.29, 1.82) is 0 Å². The van der Waals surface area contributed by atoms with E-state index in [-0.39, 0.29) is 16.8 Å². The van der Waals surface area contributed by atoms with Crippen molar-refractivity contribution < 1.29 is 17.9 Å².